The molecule has 0 aliphatic carbocycles. The van der Waals surface area contributed by atoms with E-state index < -0.39 is 12.2 Å². The van der Waals surface area contributed by atoms with Gasteiger partial charge in [-0.25, -0.2) is 0 Å². The second kappa shape index (κ2) is 4.73. The van der Waals surface area contributed by atoms with E-state index in [0.29, 0.717) is 13.2 Å². The zero-order valence-corrected chi connectivity index (χ0v) is 5.87. The van der Waals surface area contributed by atoms with Gasteiger partial charge in [0.25, 0.3) is 0 Å². The molecule has 0 fully saturated rings. The number of aliphatic hydroxyl groups is 2. The highest BCUT2D eigenvalue weighted by atomic mass is 16.5. The molecule has 56 valence electrons. The van der Waals surface area contributed by atoms with Gasteiger partial charge in [0, 0.05) is 0 Å². The van der Waals surface area contributed by atoms with Crippen LogP contribution in [-0.2, 0) is 4.74 Å². The van der Waals surface area contributed by atoms with Gasteiger partial charge in [-0.15, -0.1) is 0 Å². The zero-order chi connectivity index (χ0) is 7.28. The van der Waals surface area contributed by atoms with E-state index in [4.69, 9.17) is 14.9 Å². The van der Waals surface area contributed by atoms with E-state index in [1.54, 1.807) is 13.8 Å². The Hall–Kier alpha value is -0.120. The summed E-state index contributed by atoms with van der Waals surface area (Å²) in [5.74, 6) is 0. The summed E-state index contributed by atoms with van der Waals surface area (Å²) in [6.45, 7) is 3.87. The molecule has 0 rings (SSSR count). The van der Waals surface area contributed by atoms with Crippen molar-refractivity contribution in [3.63, 3.8) is 0 Å². The Morgan fingerprint density at radius 2 is 1.44 bits per heavy atom. The van der Waals surface area contributed by atoms with Crippen molar-refractivity contribution in [3.05, 3.63) is 0 Å². The Labute approximate surface area is 55.3 Å². The standard InChI is InChI=1S/C6H14O3/c1-5(7)3-9-4-6(2)8/h5-8H,3-4H2,1-2H3/t5-,6?/m0/s1. The van der Waals surface area contributed by atoms with Crippen LogP contribution in [0.4, 0.5) is 0 Å². The van der Waals surface area contributed by atoms with Crippen LogP contribution >= 0.6 is 0 Å². The van der Waals surface area contributed by atoms with Crippen LogP contribution in [0.1, 0.15) is 13.8 Å². The Morgan fingerprint density at radius 1 is 1.11 bits per heavy atom. The molecular weight excluding hydrogens is 120 g/mol. The van der Waals surface area contributed by atoms with E-state index in [1.165, 1.54) is 0 Å². The second-order valence-corrected chi connectivity index (χ2v) is 2.24. The van der Waals surface area contributed by atoms with E-state index in [1.807, 2.05) is 0 Å². The van der Waals surface area contributed by atoms with Crippen LogP contribution in [0.25, 0.3) is 0 Å². The lowest BCUT2D eigenvalue weighted by atomic mass is 10.4. The van der Waals surface area contributed by atoms with Crippen molar-refractivity contribution < 1.29 is 14.9 Å². The molecule has 0 aliphatic heterocycles. The molecule has 0 amide bonds. The van der Waals surface area contributed by atoms with Crippen LogP contribution in [0.2, 0.25) is 0 Å². The van der Waals surface area contributed by atoms with Gasteiger partial charge in [-0.3, -0.25) is 0 Å². The van der Waals surface area contributed by atoms with Gasteiger partial charge in [0.1, 0.15) is 0 Å². The first-order chi connectivity index (χ1) is 4.13. The third-order valence-electron chi connectivity index (χ3n) is 0.718. The summed E-state index contributed by atoms with van der Waals surface area (Å²) >= 11 is 0. The molecule has 0 aromatic heterocycles. The summed E-state index contributed by atoms with van der Waals surface area (Å²) in [5, 5.41) is 17.3. The fourth-order valence-electron chi connectivity index (χ4n) is 0.409. The van der Waals surface area contributed by atoms with Crippen molar-refractivity contribution in [1.82, 2.24) is 0 Å². The van der Waals surface area contributed by atoms with Crippen LogP contribution in [-0.4, -0.2) is 35.6 Å². The summed E-state index contributed by atoms with van der Waals surface area (Å²) in [4.78, 5) is 0. The molecular formula is C6H14O3. The Bertz CT molecular complexity index is 53.3. The van der Waals surface area contributed by atoms with Crippen molar-refractivity contribution in [2.75, 3.05) is 13.2 Å². The van der Waals surface area contributed by atoms with Gasteiger partial charge in [-0.05, 0) is 13.8 Å². The smallest absolute Gasteiger partial charge is 0.0745 e. The van der Waals surface area contributed by atoms with E-state index >= 15 is 0 Å². The average molecular weight is 134 g/mol. The lowest BCUT2D eigenvalue weighted by molar-refractivity contribution is 0.00392. The second-order valence-electron chi connectivity index (χ2n) is 2.24. The van der Waals surface area contributed by atoms with Gasteiger partial charge in [0.2, 0.25) is 0 Å². The van der Waals surface area contributed by atoms with E-state index in [0.717, 1.165) is 0 Å². The average Bonchev–Trinajstić information content (AvgIpc) is 1.63. The van der Waals surface area contributed by atoms with Crippen molar-refractivity contribution in [1.29, 1.82) is 0 Å². The Kier molecular flexibility index (Phi) is 4.67. The first-order valence-electron chi connectivity index (χ1n) is 3.06. The minimum atomic E-state index is -0.441. The molecule has 0 heterocycles. The van der Waals surface area contributed by atoms with E-state index in [2.05, 4.69) is 0 Å². The lowest BCUT2D eigenvalue weighted by Gasteiger charge is -2.06. The topological polar surface area (TPSA) is 49.7 Å². The molecule has 0 aromatic carbocycles. The molecule has 9 heavy (non-hydrogen) atoms. The molecule has 0 bridgehead atoms. The minimum absolute atomic E-state index is 0.297. The molecule has 1 unspecified atom stereocenters. The van der Waals surface area contributed by atoms with Crippen LogP contribution in [0, 0.1) is 0 Å². The molecule has 0 saturated carbocycles. The molecule has 0 aliphatic rings. The number of hydrogen-bond donors (Lipinski definition) is 2. The molecule has 3 heteroatoms. The van der Waals surface area contributed by atoms with Crippen molar-refractivity contribution in [2.45, 2.75) is 26.1 Å². The van der Waals surface area contributed by atoms with E-state index in [-0.39, 0.29) is 0 Å². The van der Waals surface area contributed by atoms with Crippen molar-refractivity contribution >= 4 is 0 Å². The third-order valence-corrected chi connectivity index (χ3v) is 0.718. The maximum absolute atomic E-state index is 8.66. The molecule has 0 radical (unpaired) electrons. The first kappa shape index (κ1) is 8.88. The fraction of sp³-hybridized carbons (Fsp3) is 1.00. The van der Waals surface area contributed by atoms with Gasteiger partial charge >= 0.3 is 0 Å². The van der Waals surface area contributed by atoms with Gasteiger partial charge in [-0.2, -0.15) is 0 Å². The number of rotatable bonds is 4. The highest BCUT2D eigenvalue weighted by Crippen LogP contribution is 1.85. The Balaban J connectivity index is 2.91. The first-order valence-corrected chi connectivity index (χ1v) is 3.06. The highest BCUT2D eigenvalue weighted by molar-refractivity contribution is 4.44. The van der Waals surface area contributed by atoms with Crippen LogP contribution < -0.4 is 0 Å². The summed E-state index contributed by atoms with van der Waals surface area (Å²) in [6.07, 6.45) is -0.882. The van der Waals surface area contributed by atoms with Gasteiger partial charge in [0.15, 0.2) is 0 Å². The van der Waals surface area contributed by atoms with Gasteiger partial charge < -0.3 is 14.9 Å². The van der Waals surface area contributed by atoms with E-state index in [9.17, 15) is 0 Å². The maximum Gasteiger partial charge on any atom is 0.0745 e. The lowest BCUT2D eigenvalue weighted by Crippen LogP contribution is -2.16. The molecule has 0 spiro atoms. The highest BCUT2D eigenvalue weighted by Gasteiger charge is 1.97. The Morgan fingerprint density at radius 3 is 1.67 bits per heavy atom. The molecule has 3 nitrogen and oxygen atoms in total. The monoisotopic (exact) mass is 134 g/mol. The number of hydrogen-bond acceptors (Lipinski definition) is 3. The molecule has 2 N–H and O–H groups in total. The molecule has 0 saturated heterocycles. The SMILES string of the molecule is CC(O)COC[C@H](C)O. The van der Waals surface area contributed by atoms with Gasteiger partial charge in [-0.1, -0.05) is 0 Å². The molecule has 0 aromatic rings. The summed E-state index contributed by atoms with van der Waals surface area (Å²) in [5.41, 5.74) is 0. The van der Waals surface area contributed by atoms with Crippen molar-refractivity contribution in [2.24, 2.45) is 0 Å². The fourth-order valence-corrected chi connectivity index (χ4v) is 0.409. The summed E-state index contributed by atoms with van der Waals surface area (Å²) in [7, 11) is 0. The van der Waals surface area contributed by atoms with Crippen LogP contribution in [0.3, 0.4) is 0 Å². The zero-order valence-electron chi connectivity index (χ0n) is 5.87. The number of aliphatic hydroxyl groups excluding tert-OH is 2. The predicted octanol–water partition coefficient (Wildman–Crippen LogP) is -0.235. The maximum atomic E-state index is 8.66. The third kappa shape index (κ3) is 7.88. The summed E-state index contributed by atoms with van der Waals surface area (Å²) < 4.78 is 4.86. The number of ether oxygens (including phenoxy) is 1. The van der Waals surface area contributed by atoms with Crippen LogP contribution in [0.5, 0.6) is 0 Å². The largest absolute Gasteiger partial charge is 0.391 e. The predicted molar refractivity (Wildman–Crippen MR) is 34.2 cm³/mol. The van der Waals surface area contributed by atoms with Crippen molar-refractivity contribution in [3.8, 4) is 0 Å². The van der Waals surface area contributed by atoms with Gasteiger partial charge in [0.05, 0.1) is 25.4 Å². The minimum Gasteiger partial charge on any atom is -0.391 e. The van der Waals surface area contributed by atoms with Crippen LogP contribution in [0.15, 0.2) is 0 Å². The normalized spacial score (nSPS) is 17.3. The summed E-state index contributed by atoms with van der Waals surface area (Å²) in [6, 6.07) is 0. The quantitative estimate of drug-likeness (QED) is 0.558. The molecule has 2 atom stereocenters.